The third-order valence-corrected chi connectivity index (χ3v) is 2.03. The molecule has 1 heterocycles. The molecular weight excluding hydrogens is 192 g/mol. The van der Waals surface area contributed by atoms with Gasteiger partial charge in [-0.15, -0.1) is 0 Å². The number of carbonyl (C=O) groups excluding carboxylic acids is 1. The fourth-order valence-corrected chi connectivity index (χ4v) is 1.29. The summed E-state index contributed by atoms with van der Waals surface area (Å²) in [5.74, 6) is 0.479. The molecule has 0 aromatic heterocycles. The van der Waals surface area contributed by atoms with E-state index >= 15 is 0 Å². The zero-order valence-corrected chi connectivity index (χ0v) is 8.19. The van der Waals surface area contributed by atoms with Gasteiger partial charge in [0.15, 0.2) is 0 Å². The van der Waals surface area contributed by atoms with E-state index in [0.717, 1.165) is 5.56 Å². The molecule has 0 saturated carbocycles. The van der Waals surface area contributed by atoms with Crippen LogP contribution in [0.15, 0.2) is 42.2 Å². The molecule has 1 aliphatic rings. The summed E-state index contributed by atoms with van der Waals surface area (Å²) in [6.07, 6.45) is 1.46. The van der Waals surface area contributed by atoms with Crippen LogP contribution in [-0.2, 0) is 16.1 Å². The Hall–Kier alpha value is -1.81. The van der Waals surface area contributed by atoms with Crippen LogP contribution in [0.2, 0.25) is 0 Å². The second kappa shape index (κ2) is 4.61. The molecule has 0 aliphatic carbocycles. The van der Waals surface area contributed by atoms with E-state index in [9.17, 15) is 4.79 Å². The molecule has 0 unspecified atom stereocenters. The number of amides is 1. The number of hydrogen-bond donors (Lipinski definition) is 2. The standard InChI is InChI=1S/C11H12N2O2/c14-11-6-10(7-12-13-11)15-8-9-4-2-1-3-5-9/h1-6,12H,7-8H2,(H,13,14). The predicted octanol–water partition coefficient (Wildman–Crippen LogP) is 0.721. The third kappa shape index (κ3) is 2.82. The first kappa shape index (κ1) is 9.73. The molecule has 1 aliphatic heterocycles. The van der Waals surface area contributed by atoms with Crippen molar-refractivity contribution in [1.29, 1.82) is 0 Å². The third-order valence-electron chi connectivity index (χ3n) is 2.03. The summed E-state index contributed by atoms with van der Waals surface area (Å²) >= 11 is 0. The second-order valence-corrected chi connectivity index (χ2v) is 3.23. The van der Waals surface area contributed by atoms with Crippen LogP contribution in [0, 0.1) is 0 Å². The van der Waals surface area contributed by atoms with Gasteiger partial charge in [0.2, 0.25) is 0 Å². The van der Waals surface area contributed by atoms with E-state index in [1.807, 2.05) is 30.3 Å². The Morgan fingerprint density at radius 3 is 2.80 bits per heavy atom. The van der Waals surface area contributed by atoms with E-state index in [4.69, 9.17) is 4.74 Å². The van der Waals surface area contributed by atoms with Crippen molar-refractivity contribution >= 4 is 5.91 Å². The van der Waals surface area contributed by atoms with Crippen molar-refractivity contribution in [1.82, 2.24) is 10.9 Å². The lowest BCUT2D eigenvalue weighted by Gasteiger charge is -2.15. The minimum absolute atomic E-state index is 0.177. The van der Waals surface area contributed by atoms with E-state index in [-0.39, 0.29) is 5.91 Å². The molecule has 0 atom stereocenters. The summed E-state index contributed by atoms with van der Waals surface area (Å²) in [4.78, 5) is 11.0. The first-order valence-electron chi connectivity index (χ1n) is 4.75. The van der Waals surface area contributed by atoms with Crippen molar-refractivity contribution in [3.63, 3.8) is 0 Å². The number of rotatable bonds is 3. The minimum atomic E-state index is -0.177. The quantitative estimate of drug-likeness (QED) is 0.762. The lowest BCUT2D eigenvalue weighted by molar-refractivity contribution is -0.118. The van der Waals surface area contributed by atoms with Crippen LogP contribution in [0.25, 0.3) is 0 Å². The SMILES string of the molecule is O=C1C=C(OCc2ccccc2)CNN1. The van der Waals surface area contributed by atoms with Gasteiger partial charge in [0.1, 0.15) is 12.4 Å². The van der Waals surface area contributed by atoms with Crippen molar-refractivity contribution in [3.05, 3.63) is 47.7 Å². The Bertz CT molecular complexity index is 373. The van der Waals surface area contributed by atoms with Crippen LogP contribution >= 0.6 is 0 Å². The smallest absolute Gasteiger partial charge is 0.261 e. The molecule has 0 saturated heterocycles. The molecule has 1 aromatic rings. The highest BCUT2D eigenvalue weighted by Crippen LogP contribution is 2.06. The summed E-state index contributed by atoms with van der Waals surface area (Å²) in [6.45, 7) is 1.01. The van der Waals surface area contributed by atoms with Gasteiger partial charge < -0.3 is 4.74 Å². The van der Waals surface area contributed by atoms with Crippen LogP contribution < -0.4 is 10.9 Å². The molecule has 0 fully saturated rings. The maximum atomic E-state index is 11.0. The number of ether oxygens (including phenoxy) is 1. The lowest BCUT2D eigenvalue weighted by atomic mass is 10.2. The van der Waals surface area contributed by atoms with Gasteiger partial charge in [0.05, 0.1) is 6.54 Å². The molecular formula is C11H12N2O2. The van der Waals surface area contributed by atoms with Crippen LogP contribution in [0.1, 0.15) is 5.56 Å². The monoisotopic (exact) mass is 204 g/mol. The normalized spacial score (nSPS) is 15.5. The Balaban J connectivity index is 1.91. The summed E-state index contributed by atoms with van der Waals surface area (Å²) in [7, 11) is 0. The molecule has 1 aromatic carbocycles. The Kier molecular flexibility index (Phi) is 2.99. The van der Waals surface area contributed by atoms with Crippen LogP contribution in [0.3, 0.4) is 0 Å². The maximum Gasteiger partial charge on any atom is 0.261 e. The Labute approximate surface area is 87.9 Å². The lowest BCUT2D eigenvalue weighted by Crippen LogP contribution is -2.41. The summed E-state index contributed by atoms with van der Waals surface area (Å²) in [5.41, 5.74) is 6.28. The van der Waals surface area contributed by atoms with Gasteiger partial charge in [-0.25, -0.2) is 5.43 Å². The van der Waals surface area contributed by atoms with Crippen molar-refractivity contribution in [2.24, 2.45) is 0 Å². The first-order chi connectivity index (χ1) is 7.34. The van der Waals surface area contributed by atoms with Gasteiger partial charge in [-0.3, -0.25) is 10.2 Å². The molecule has 4 nitrogen and oxygen atoms in total. The average molecular weight is 204 g/mol. The number of nitrogens with one attached hydrogen (secondary N) is 2. The minimum Gasteiger partial charge on any atom is -0.492 e. The zero-order valence-electron chi connectivity index (χ0n) is 8.19. The van der Waals surface area contributed by atoms with E-state index in [0.29, 0.717) is 18.9 Å². The molecule has 0 radical (unpaired) electrons. The van der Waals surface area contributed by atoms with Crippen molar-refractivity contribution < 1.29 is 9.53 Å². The highest BCUT2D eigenvalue weighted by Gasteiger charge is 2.08. The molecule has 2 N–H and O–H groups in total. The van der Waals surface area contributed by atoms with Gasteiger partial charge in [-0.2, -0.15) is 0 Å². The van der Waals surface area contributed by atoms with Gasteiger partial charge in [-0.05, 0) is 5.56 Å². The first-order valence-corrected chi connectivity index (χ1v) is 4.75. The van der Waals surface area contributed by atoms with Crippen molar-refractivity contribution in [2.75, 3.05) is 6.54 Å². The molecule has 78 valence electrons. The number of benzene rings is 1. The van der Waals surface area contributed by atoms with Gasteiger partial charge in [0, 0.05) is 6.08 Å². The fraction of sp³-hybridized carbons (Fsp3) is 0.182. The molecule has 15 heavy (non-hydrogen) atoms. The molecule has 2 rings (SSSR count). The van der Waals surface area contributed by atoms with Gasteiger partial charge in [-0.1, -0.05) is 30.3 Å². The number of hydrazine groups is 1. The zero-order chi connectivity index (χ0) is 10.5. The average Bonchev–Trinajstić information content (AvgIpc) is 2.28. The highest BCUT2D eigenvalue weighted by molar-refractivity contribution is 5.88. The van der Waals surface area contributed by atoms with E-state index in [1.54, 1.807) is 0 Å². The van der Waals surface area contributed by atoms with E-state index in [2.05, 4.69) is 10.9 Å². The van der Waals surface area contributed by atoms with Crippen LogP contribution in [0.5, 0.6) is 0 Å². The fourth-order valence-electron chi connectivity index (χ4n) is 1.29. The summed E-state index contributed by atoms with van der Waals surface area (Å²) in [5, 5.41) is 0. The molecule has 1 amide bonds. The molecule has 0 bridgehead atoms. The highest BCUT2D eigenvalue weighted by atomic mass is 16.5. The topological polar surface area (TPSA) is 50.4 Å². The van der Waals surface area contributed by atoms with E-state index in [1.165, 1.54) is 6.08 Å². The van der Waals surface area contributed by atoms with Crippen molar-refractivity contribution in [3.8, 4) is 0 Å². The maximum absolute atomic E-state index is 11.0. The predicted molar refractivity (Wildman–Crippen MR) is 55.5 cm³/mol. The second-order valence-electron chi connectivity index (χ2n) is 3.23. The number of carbonyl (C=O) groups is 1. The van der Waals surface area contributed by atoms with Crippen molar-refractivity contribution in [2.45, 2.75) is 6.61 Å². The molecule has 4 heteroatoms. The van der Waals surface area contributed by atoms with E-state index < -0.39 is 0 Å². The summed E-state index contributed by atoms with van der Waals surface area (Å²) < 4.78 is 5.48. The van der Waals surface area contributed by atoms with Gasteiger partial charge in [0.25, 0.3) is 5.91 Å². The van der Waals surface area contributed by atoms with Gasteiger partial charge >= 0.3 is 0 Å². The molecule has 0 spiro atoms. The van der Waals surface area contributed by atoms with Crippen LogP contribution in [0.4, 0.5) is 0 Å². The largest absolute Gasteiger partial charge is 0.492 e. The Morgan fingerprint density at radius 2 is 2.07 bits per heavy atom. The number of hydrogen-bond acceptors (Lipinski definition) is 3. The summed E-state index contributed by atoms with van der Waals surface area (Å²) in [6, 6.07) is 9.84. The Morgan fingerprint density at radius 1 is 1.27 bits per heavy atom. The van der Waals surface area contributed by atoms with Crippen LogP contribution in [-0.4, -0.2) is 12.5 Å².